The predicted octanol–water partition coefficient (Wildman–Crippen LogP) is 5.15. The Balaban J connectivity index is 2.31. The first kappa shape index (κ1) is 15.5. The Hall–Kier alpha value is -0.560. The highest BCUT2D eigenvalue weighted by Crippen LogP contribution is 2.31. The zero-order chi connectivity index (χ0) is 13.2. The van der Waals surface area contributed by atoms with E-state index in [1.54, 1.807) is 0 Å². The van der Waals surface area contributed by atoms with Gasteiger partial charge in [-0.15, -0.1) is 0 Å². The lowest BCUT2D eigenvalue weighted by molar-refractivity contribution is 0.254. The minimum Gasteiger partial charge on any atom is -0.384 e. The highest BCUT2D eigenvalue weighted by atomic mass is 16.3. The molecule has 1 rings (SSSR count). The Kier molecular flexibility index (Phi) is 8.08. The molecule has 1 N–H and O–H groups in total. The molecule has 0 aliphatic heterocycles. The zero-order valence-corrected chi connectivity index (χ0v) is 12.3. The Bertz CT molecular complexity index is 275. The number of aliphatic hydroxyl groups excluding tert-OH is 1. The first-order valence-electron chi connectivity index (χ1n) is 7.85. The number of rotatable bonds is 8. The van der Waals surface area contributed by atoms with Crippen LogP contribution in [-0.2, 0) is 0 Å². The second kappa shape index (κ2) is 9.38. The summed E-state index contributed by atoms with van der Waals surface area (Å²) in [6, 6.07) is 0. The van der Waals surface area contributed by atoms with E-state index in [2.05, 4.69) is 26.0 Å². The molecule has 1 nitrogen and oxygen atoms in total. The van der Waals surface area contributed by atoms with Crippen molar-refractivity contribution in [3.63, 3.8) is 0 Å². The van der Waals surface area contributed by atoms with Gasteiger partial charge < -0.3 is 5.11 Å². The van der Waals surface area contributed by atoms with E-state index in [0.29, 0.717) is 0 Å². The van der Waals surface area contributed by atoms with Gasteiger partial charge in [0.15, 0.2) is 0 Å². The van der Waals surface area contributed by atoms with E-state index in [1.165, 1.54) is 49.7 Å². The van der Waals surface area contributed by atoms with E-state index in [9.17, 15) is 5.11 Å². The van der Waals surface area contributed by atoms with E-state index in [1.807, 2.05) is 0 Å². The van der Waals surface area contributed by atoms with Crippen molar-refractivity contribution in [3.05, 3.63) is 23.3 Å². The van der Waals surface area contributed by atoms with Gasteiger partial charge in [0.25, 0.3) is 0 Å². The smallest absolute Gasteiger partial charge is 0.0961 e. The molecule has 0 saturated heterocycles. The van der Waals surface area contributed by atoms with Crippen LogP contribution in [0.15, 0.2) is 23.3 Å². The summed E-state index contributed by atoms with van der Waals surface area (Å²) >= 11 is 0. The molecular formula is C17H30O. The average molecular weight is 250 g/mol. The first-order valence-corrected chi connectivity index (χ1v) is 7.85. The number of aliphatic hydroxyl groups is 1. The van der Waals surface area contributed by atoms with Gasteiger partial charge in [-0.05, 0) is 43.3 Å². The predicted molar refractivity (Wildman–Crippen MR) is 79.7 cm³/mol. The van der Waals surface area contributed by atoms with Crippen LogP contribution in [0.3, 0.4) is 0 Å². The van der Waals surface area contributed by atoms with Crippen LogP contribution < -0.4 is 0 Å². The molecule has 1 aliphatic rings. The molecule has 0 heterocycles. The van der Waals surface area contributed by atoms with Crippen LogP contribution in [0.1, 0.15) is 78.1 Å². The lowest BCUT2D eigenvalue weighted by Gasteiger charge is -2.07. The third-order valence-corrected chi connectivity index (χ3v) is 3.83. The van der Waals surface area contributed by atoms with Gasteiger partial charge >= 0.3 is 0 Å². The molecule has 0 spiro atoms. The number of allylic oxidation sites excluding steroid dienone is 2. The Morgan fingerprint density at radius 3 is 2.00 bits per heavy atom. The second-order valence-corrected chi connectivity index (χ2v) is 5.45. The van der Waals surface area contributed by atoms with Gasteiger partial charge in [0, 0.05) is 0 Å². The molecule has 1 saturated carbocycles. The maximum Gasteiger partial charge on any atom is 0.0961 e. The van der Waals surface area contributed by atoms with Crippen molar-refractivity contribution in [1.82, 2.24) is 0 Å². The maximum absolute atomic E-state index is 10.2. The molecule has 1 aliphatic carbocycles. The monoisotopic (exact) mass is 250 g/mol. The molecule has 0 radical (unpaired) electrons. The van der Waals surface area contributed by atoms with Crippen LogP contribution in [0.2, 0.25) is 0 Å². The van der Waals surface area contributed by atoms with Gasteiger partial charge in [-0.25, -0.2) is 0 Å². The highest BCUT2D eigenvalue weighted by molar-refractivity contribution is 5.30. The lowest BCUT2D eigenvalue weighted by Crippen LogP contribution is -2.05. The van der Waals surface area contributed by atoms with Crippen LogP contribution in [-0.4, -0.2) is 11.2 Å². The van der Waals surface area contributed by atoms with Crippen molar-refractivity contribution >= 4 is 0 Å². The average Bonchev–Trinajstić information content (AvgIpc) is 2.71. The minimum absolute atomic E-state index is 0.256. The molecule has 0 bridgehead atoms. The number of hydrogen-bond donors (Lipinski definition) is 1. The van der Waals surface area contributed by atoms with Crippen molar-refractivity contribution < 1.29 is 5.11 Å². The van der Waals surface area contributed by atoms with Gasteiger partial charge in [-0.3, -0.25) is 0 Å². The molecule has 0 amide bonds. The maximum atomic E-state index is 10.2. The summed E-state index contributed by atoms with van der Waals surface area (Å²) in [5.74, 6) is 0. The Morgan fingerprint density at radius 2 is 1.44 bits per heavy atom. The molecule has 18 heavy (non-hydrogen) atoms. The highest BCUT2D eigenvalue weighted by Gasteiger charge is 2.22. The zero-order valence-electron chi connectivity index (χ0n) is 12.3. The van der Waals surface area contributed by atoms with Crippen LogP contribution >= 0.6 is 0 Å². The van der Waals surface area contributed by atoms with Gasteiger partial charge in [-0.2, -0.15) is 0 Å². The van der Waals surface area contributed by atoms with Crippen LogP contribution in [0, 0.1) is 0 Å². The summed E-state index contributed by atoms with van der Waals surface area (Å²) in [4.78, 5) is 0. The van der Waals surface area contributed by atoms with E-state index in [4.69, 9.17) is 0 Å². The SMILES string of the molecule is CCCCC=C1CCC(=CCCCCCC)C1O. The fraction of sp³-hybridized carbons (Fsp3) is 0.765. The first-order chi connectivity index (χ1) is 8.79. The van der Waals surface area contributed by atoms with Crippen molar-refractivity contribution in [2.75, 3.05) is 0 Å². The molecule has 1 unspecified atom stereocenters. The molecule has 1 atom stereocenters. The van der Waals surface area contributed by atoms with Crippen molar-refractivity contribution in [2.24, 2.45) is 0 Å². The summed E-state index contributed by atoms with van der Waals surface area (Å²) in [7, 11) is 0. The molecule has 1 heteroatoms. The third-order valence-electron chi connectivity index (χ3n) is 3.83. The van der Waals surface area contributed by atoms with E-state index in [0.717, 1.165) is 25.7 Å². The molecular weight excluding hydrogens is 220 g/mol. The topological polar surface area (TPSA) is 20.2 Å². The normalized spacial score (nSPS) is 24.3. The van der Waals surface area contributed by atoms with E-state index >= 15 is 0 Å². The fourth-order valence-electron chi connectivity index (χ4n) is 2.58. The van der Waals surface area contributed by atoms with Crippen molar-refractivity contribution in [1.29, 1.82) is 0 Å². The van der Waals surface area contributed by atoms with E-state index in [-0.39, 0.29) is 6.10 Å². The van der Waals surface area contributed by atoms with Crippen LogP contribution in [0.25, 0.3) is 0 Å². The molecule has 0 aromatic rings. The molecule has 1 fully saturated rings. The van der Waals surface area contributed by atoms with Crippen LogP contribution in [0.5, 0.6) is 0 Å². The molecule has 104 valence electrons. The molecule has 0 aromatic heterocycles. The number of hydrogen-bond acceptors (Lipinski definition) is 1. The minimum atomic E-state index is -0.256. The lowest BCUT2D eigenvalue weighted by atomic mass is 10.1. The third kappa shape index (κ3) is 5.39. The summed E-state index contributed by atoms with van der Waals surface area (Å²) in [6.07, 6.45) is 16.5. The Morgan fingerprint density at radius 1 is 0.889 bits per heavy atom. The van der Waals surface area contributed by atoms with Crippen molar-refractivity contribution in [2.45, 2.75) is 84.2 Å². The Labute approximate surface area is 113 Å². The quantitative estimate of drug-likeness (QED) is 0.466. The summed E-state index contributed by atoms with van der Waals surface area (Å²) < 4.78 is 0. The summed E-state index contributed by atoms with van der Waals surface area (Å²) in [5, 5.41) is 10.2. The van der Waals surface area contributed by atoms with Crippen molar-refractivity contribution in [3.8, 4) is 0 Å². The van der Waals surface area contributed by atoms with Gasteiger partial charge in [-0.1, -0.05) is 58.1 Å². The summed E-state index contributed by atoms with van der Waals surface area (Å²) in [6.45, 7) is 4.46. The largest absolute Gasteiger partial charge is 0.384 e. The fourth-order valence-corrected chi connectivity index (χ4v) is 2.58. The van der Waals surface area contributed by atoms with Crippen LogP contribution in [0.4, 0.5) is 0 Å². The summed E-state index contributed by atoms with van der Waals surface area (Å²) in [5.41, 5.74) is 2.54. The van der Waals surface area contributed by atoms with Gasteiger partial charge in [0.1, 0.15) is 0 Å². The van der Waals surface area contributed by atoms with Gasteiger partial charge in [0.2, 0.25) is 0 Å². The van der Waals surface area contributed by atoms with E-state index < -0.39 is 0 Å². The van der Waals surface area contributed by atoms with Gasteiger partial charge in [0.05, 0.1) is 6.10 Å². The standard InChI is InChI=1S/C17H30O/c1-3-5-7-8-10-12-16-14-13-15(17(16)18)11-9-6-4-2/h11-12,17-18H,3-10,13-14H2,1-2H3. The molecule has 0 aromatic carbocycles. The number of unbranched alkanes of at least 4 members (excludes halogenated alkanes) is 6. The second-order valence-electron chi connectivity index (χ2n) is 5.45.